The molecule has 4 N–H and O–H groups in total. The number of hydrogen-bond donors (Lipinski definition) is 3. The molecule has 0 spiro atoms. The van der Waals surface area contributed by atoms with Crippen LogP contribution in [0.2, 0.25) is 0 Å². The van der Waals surface area contributed by atoms with Crippen LogP contribution in [0.5, 0.6) is 0 Å². The van der Waals surface area contributed by atoms with Crippen molar-refractivity contribution in [2.75, 3.05) is 0 Å². The van der Waals surface area contributed by atoms with Crippen LogP contribution in [0.3, 0.4) is 0 Å². The van der Waals surface area contributed by atoms with E-state index in [1.54, 1.807) is 6.20 Å². The van der Waals surface area contributed by atoms with Gasteiger partial charge >= 0.3 is 0 Å². The predicted octanol–water partition coefficient (Wildman–Crippen LogP) is 3.73. The summed E-state index contributed by atoms with van der Waals surface area (Å²) in [5.74, 6) is 1.35. The molecule has 2 unspecified atom stereocenters. The number of rotatable bonds is 11. The van der Waals surface area contributed by atoms with Crippen molar-refractivity contribution >= 4 is 5.78 Å². The van der Waals surface area contributed by atoms with Crippen molar-refractivity contribution in [1.29, 1.82) is 0 Å². The van der Waals surface area contributed by atoms with E-state index >= 15 is 0 Å². The Morgan fingerprint density at radius 3 is 2.25 bits per heavy atom. The molecule has 0 saturated carbocycles. The minimum absolute atomic E-state index is 0.164. The summed E-state index contributed by atoms with van der Waals surface area (Å²) >= 11 is 0. The van der Waals surface area contributed by atoms with E-state index < -0.39 is 5.66 Å². The van der Waals surface area contributed by atoms with Gasteiger partial charge in [0, 0.05) is 23.7 Å². The van der Waals surface area contributed by atoms with E-state index in [1.807, 2.05) is 6.20 Å². The Hall–Kier alpha value is -1.20. The molecule has 1 rings (SSSR count). The fraction of sp³-hybridized carbons (Fsp3) is 0.789. The third-order valence-electron chi connectivity index (χ3n) is 5.77. The SMILES string of the molecule is CCC(N)(CC)NC(CC(C)c1ncc[nH]1)C(=O)C(C)(CC)CC. The standard InChI is InChI=1S/C19H36N4O/c1-7-18(6,8-2)16(24)15(23-19(20,9-3)10-4)13-14(5)17-21-11-12-22-17/h11-12,14-15,23H,7-10,13,20H2,1-6H3,(H,21,22). The van der Waals surface area contributed by atoms with E-state index in [0.29, 0.717) is 6.42 Å². The first-order valence-corrected chi connectivity index (χ1v) is 9.35. The molecule has 24 heavy (non-hydrogen) atoms. The van der Waals surface area contributed by atoms with E-state index in [-0.39, 0.29) is 23.2 Å². The van der Waals surface area contributed by atoms with Crippen molar-refractivity contribution < 1.29 is 4.79 Å². The minimum Gasteiger partial charge on any atom is -0.348 e. The summed E-state index contributed by atoms with van der Waals surface area (Å²) in [6.45, 7) is 12.5. The highest BCUT2D eigenvalue weighted by Gasteiger charge is 2.38. The fourth-order valence-electron chi connectivity index (χ4n) is 3.06. The maximum absolute atomic E-state index is 13.3. The molecule has 0 aromatic carbocycles. The van der Waals surface area contributed by atoms with Crippen LogP contribution in [-0.2, 0) is 4.79 Å². The topological polar surface area (TPSA) is 83.8 Å². The van der Waals surface area contributed by atoms with Crippen LogP contribution in [-0.4, -0.2) is 27.5 Å². The number of carbonyl (C=O) groups excluding carboxylic acids is 1. The molecule has 0 fully saturated rings. The Balaban J connectivity index is 3.04. The van der Waals surface area contributed by atoms with Crippen molar-refractivity contribution in [1.82, 2.24) is 15.3 Å². The lowest BCUT2D eigenvalue weighted by molar-refractivity contribution is -0.131. The van der Waals surface area contributed by atoms with Gasteiger partial charge in [-0.3, -0.25) is 10.1 Å². The van der Waals surface area contributed by atoms with Crippen molar-refractivity contribution in [2.45, 2.75) is 91.3 Å². The molecule has 0 bridgehead atoms. The second-order valence-corrected chi connectivity index (χ2v) is 7.30. The van der Waals surface area contributed by atoms with E-state index in [1.165, 1.54) is 0 Å². The Bertz CT molecular complexity index is 489. The van der Waals surface area contributed by atoms with Crippen molar-refractivity contribution in [3.63, 3.8) is 0 Å². The van der Waals surface area contributed by atoms with Gasteiger partial charge in [0.05, 0.1) is 11.7 Å². The summed E-state index contributed by atoms with van der Waals surface area (Å²) in [7, 11) is 0. The van der Waals surface area contributed by atoms with E-state index in [4.69, 9.17) is 5.73 Å². The first-order chi connectivity index (χ1) is 11.2. The van der Waals surface area contributed by atoms with E-state index in [2.05, 4.69) is 56.8 Å². The largest absolute Gasteiger partial charge is 0.348 e. The number of Topliss-reactive ketones (excluding diaryl/α,β-unsaturated/α-hetero) is 1. The summed E-state index contributed by atoms with van der Waals surface area (Å²) < 4.78 is 0. The van der Waals surface area contributed by atoms with Gasteiger partial charge in [-0.2, -0.15) is 0 Å². The second kappa shape index (κ2) is 8.77. The summed E-state index contributed by atoms with van der Waals surface area (Å²) in [4.78, 5) is 20.8. The smallest absolute Gasteiger partial charge is 0.155 e. The van der Waals surface area contributed by atoms with Crippen LogP contribution >= 0.6 is 0 Å². The van der Waals surface area contributed by atoms with Gasteiger partial charge in [-0.15, -0.1) is 0 Å². The van der Waals surface area contributed by atoms with Gasteiger partial charge in [0.15, 0.2) is 5.78 Å². The van der Waals surface area contributed by atoms with Crippen LogP contribution in [0.4, 0.5) is 0 Å². The Labute approximate surface area is 147 Å². The lowest BCUT2D eigenvalue weighted by Crippen LogP contribution is -2.60. The number of H-pyrrole nitrogens is 1. The normalized spacial score (nSPS) is 15.3. The predicted molar refractivity (Wildman–Crippen MR) is 99.7 cm³/mol. The van der Waals surface area contributed by atoms with Crippen molar-refractivity contribution in [3.8, 4) is 0 Å². The molecule has 2 atom stereocenters. The zero-order valence-electron chi connectivity index (χ0n) is 16.3. The molecule has 0 amide bonds. The van der Waals surface area contributed by atoms with E-state index in [9.17, 15) is 4.79 Å². The molecular weight excluding hydrogens is 300 g/mol. The Morgan fingerprint density at radius 2 is 1.83 bits per heavy atom. The lowest BCUT2D eigenvalue weighted by atomic mass is 9.75. The Morgan fingerprint density at radius 1 is 1.25 bits per heavy atom. The fourth-order valence-corrected chi connectivity index (χ4v) is 3.06. The number of carbonyl (C=O) groups is 1. The monoisotopic (exact) mass is 336 g/mol. The highest BCUT2D eigenvalue weighted by molar-refractivity contribution is 5.89. The number of aromatic amines is 1. The highest BCUT2D eigenvalue weighted by Crippen LogP contribution is 2.31. The quantitative estimate of drug-likeness (QED) is 0.538. The average molecular weight is 337 g/mol. The highest BCUT2D eigenvalue weighted by atomic mass is 16.1. The number of imidazole rings is 1. The molecule has 0 aliphatic heterocycles. The third kappa shape index (κ3) is 4.90. The molecule has 1 aromatic heterocycles. The molecule has 0 radical (unpaired) electrons. The molecule has 138 valence electrons. The summed E-state index contributed by atoms with van der Waals surface area (Å²) in [5, 5.41) is 3.48. The van der Waals surface area contributed by atoms with Crippen LogP contribution in [0.25, 0.3) is 0 Å². The van der Waals surface area contributed by atoms with Gasteiger partial charge in [0.25, 0.3) is 0 Å². The number of ketones is 1. The van der Waals surface area contributed by atoms with Gasteiger partial charge in [0.2, 0.25) is 0 Å². The zero-order chi connectivity index (χ0) is 18.4. The summed E-state index contributed by atoms with van der Waals surface area (Å²) in [5.41, 5.74) is 5.64. The van der Waals surface area contributed by atoms with Gasteiger partial charge in [0.1, 0.15) is 5.82 Å². The minimum atomic E-state index is -0.508. The van der Waals surface area contributed by atoms with Crippen molar-refractivity contribution in [2.24, 2.45) is 11.1 Å². The first kappa shape index (κ1) is 20.8. The number of nitrogens with two attached hydrogens (primary N) is 1. The molecule has 0 saturated heterocycles. The van der Waals surface area contributed by atoms with Crippen LogP contribution in [0, 0.1) is 5.41 Å². The molecule has 5 heteroatoms. The summed E-state index contributed by atoms with van der Waals surface area (Å²) in [6.07, 6.45) is 7.53. The maximum atomic E-state index is 13.3. The molecule has 0 aliphatic carbocycles. The molecule has 1 heterocycles. The van der Waals surface area contributed by atoms with E-state index in [0.717, 1.165) is 31.5 Å². The second-order valence-electron chi connectivity index (χ2n) is 7.30. The van der Waals surface area contributed by atoms with Crippen LogP contribution in [0.1, 0.15) is 85.4 Å². The number of hydrogen-bond acceptors (Lipinski definition) is 4. The lowest BCUT2D eigenvalue weighted by Gasteiger charge is -2.37. The van der Waals surface area contributed by atoms with Gasteiger partial charge in [-0.25, -0.2) is 4.98 Å². The van der Waals surface area contributed by atoms with Crippen molar-refractivity contribution in [3.05, 3.63) is 18.2 Å². The molecule has 1 aromatic rings. The summed E-state index contributed by atoms with van der Waals surface area (Å²) in [6, 6.07) is -0.264. The van der Waals surface area contributed by atoms with Crippen LogP contribution in [0.15, 0.2) is 12.4 Å². The zero-order valence-corrected chi connectivity index (χ0v) is 16.3. The van der Waals surface area contributed by atoms with Gasteiger partial charge in [-0.1, -0.05) is 41.5 Å². The Kier molecular flexibility index (Phi) is 7.61. The molecule has 5 nitrogen and oxygen atoms in total. The third-order valence-corrected chi connectivity index (χ3v) is 5.77. The molecule has 0 aliphatic rings. The number of nitrogens with zero attached hydrogens (tertiary/aromatic N) is 1. The van der Waals surface area contributed by atoms with Gasteiger partial charge < -0.3 is 10.7 Å². The van der Waals surface area contributed by atoms with Gasteiger partial charge in [-0.05, 0) is 32.1 Å². The number of nitrogens with one attached hydrogen (secondary N) is 2. The molecular formula is C19H36N4O. The van der Waals surface area contributed by atoms with Crippen LogP contribution < -0.4 is 11.1 Å². The average Bonchev–Trinajstić information content (AvgIpc) is 3.14. The maximum Gasteiger partial charge on any atom is 0.155 e. The first-order valence-electron chi connectivity index (χ1n) is 9.35. The number of aromatic nitrogens is 2.